The zero-order chi connectivity index (χ0) is 10.1. The largest absolute Gasteiger partial charge is 0.392 e. The van der Waals surface area contributed by atoms with Gasteiger partial charge >= 0.3 is 0 Å². The minimum atomic E-state index is 0.127. The topological polar surface area (TPSA) is 20.2 Å². The molecule has 1 aromatic heterocycles. The average molecular weight is 383 g/mol. The third kappa shape index (κ3) is 1.85. The van der Waals surface area contributed by atoms with E-state index in [1.54, 1.807) is 11.3 Å². The van der Waals surface area contributed by atoms with E-state index in [1.165, 1.54) is 18.5 Å². The lowest BCUT2D eigenvalue weighted by molar-refractivity contribution is 0.283. The van der Waals surface area contributed by atoms with E-state index in [-0.39, 0.29) is 6.61 Å². The molecule has 1 N–H and O–H groups in total. The number of hydrogen-bond donors (Lipinski definition) is 1. The Hall–Kier alpha value is 0.350. The highest BCUT2D eigenvalue weighted by atomic mass is 127. The molecule has 2 aromatic rings. The number of alkyl halides is 1. The van der Waals surface area contributed by atoms with E-state index in [9.17, 15) is 5.11 Å². The Morgan fingerprint density at radius 3 is 2.86 bits per heavy atom. The van der Waals surface area contributed by atoms with Crippen molar-refractivity contribution >= 4 is 59.9 Å². The molecule has 0 atom stereocenters. The van der Waals surface area contributed by atoms with Crippen LogP contribution < -0.4 is 0 Å². The maximum Gasteiger partial charge on any atom is 0.0699 e. The van der Waals surface area contributed by atoms with E-state index in [4.69, 9.17) is 0 Å². The molecule has 2 rings (SSSR count). The molecular formula is C10H8BrIOS. The molecule has 0 spiro atoms. The Balaban J connectivity index is 2.73. The quantitative estimate of drug-likeness (QED) is 0.617. The van der Waals surface area contributed by atoms with Gasteiger partial charge < -0.3 is 5.11 Å². The highest BCUT2D eigenvalue weighted by Gasteiger charge is 2.10. The zero-order valence-electron chi connectivity index (χ0n) is 7.26. The summed E-state index contributed by atoms with van der Waals surface area (Å²) in [6.07, 6.45) is 0. The molecule has 0 fully saturated rings. The first-order chi connectivity index (χ1) is 6.76. The number of thiophene rings is 1. The number of aliphatic hydroxyl groups is 1. The predicted molar refractivity (Wildman–Crippen MR) is 73.1 cm³/mol. The lowest BCUT2D eigenvalue weighted by Crippen LogP contribution is -1.84. The summed E-state index contributed by atoms with van der Waals surface area (Å²) >= 11 is 7.50. The van der Waals surface area contributed by atoms with Crippen LogP contribution in [0.5, 0.6) is 0 Å². The molecule has 0 saturated carbocycles. The number of halogens is 2. The third-order valence-electron chi connectivity index (χ3n) is 2.12. The van der Waals surface area contributed by atoms with Crippen LogP contribution in [0.25, 0.3) is 10.1 Å². The van der Waals surface area contributed by atoms with Gasteiger partial charge in [-0.1, -0.05) is 22.0 Å². The van der Waals surface area contributed by atoms with Crippen molar-refractivity contribution in [2.75, 3.05) is 0 Å². The Labute approximate surface area is 108 Å². The Kier molecular flexibility index (Phi) is 3.46. The maximum absolute atomic E-state index is 9.29. The molecule has 1 nitrogen and oxygen atoms in total. The fourth-order valence-corrected chi connectivity index (χ4v) is 3.94. The molecule has 0 radical (unpaired) electrons. The number of rotatable bonds is 2. The first kappa shape index (κ1) is 10.9. The van der Waals surface area contributed by atoms with Gasteiger partial charge in [-0.15, -0.1) is 11.3 Å². The highest BCUT2D eigenvalue weighted by Crippen LogP contribution is 2.33. The summed E-state index contributed by atoms with van der Waals surface area (Å²) in [7, 11) is 0. The molecule has 0 bridgehead atoms. The molecule has 0 aliphatic heterocycles. The summed E-state index contributed by atoms with van der Waals surface area (Å²) in [4.78, 5) is 1.23. The molecule has 4 heteroatoms. The summed E-state index contributed by atoms with van der Waals surface area (Å²) in [5.41, 5.74) is 1.07. The van der Waals surface area contributed by atoms with Gasteiger partial charge in [0, 0.05) is 24.0 Å². The van der Waals surface area contributed by atoms with Crippen LogP contribution in [-0.4, -0.2) is 5.11 Å². The van der Waals surface area contributed by atoms with Crippen molar-refractivity contribution in [2.24, 2.45) is 0 Å². The second-order valence-corrected chi connectivity index (χ2v) is 5.88. The van der Waals surface area contributed by atoms with E-state index < -0.39 is 0 Å². The van der Waals surface area contributed by atoms with Crippen LogP contribution in [0.15, 0.2) is 18.2 Å². The standard InChI is InChI=1S/C10H8BrIOS/c11-4-10-8(5-13)7-2-1-6(12)3-9(7)14-10/h1-3,13H,4-5H2. The molecule has 0 saturated heterocycles. The smallest absolute Gasteiger partial charge is 0.0699 e. The van der Waals surface area contributed by atoms with E-state index in [2.05, 4.69) is 56.7 Å². The summed E-state index contributed by atoms with van der Waals surface area (Å²) in [6, 6.07) is 6.32. The first-order valence-electron chi connectivity index (χ1n) is 4.13. The zero-order valence-corrected chi connectivity index (χ0v) is 11.8. The lowest BCUT2D eigenvalue weighted by atomic mass is 10.1. The second kappa shape index (κ2) is 4.47. The van der Waals surface area contributed by atoms with Crippen LogP contribution in [0.3, 0.4) is 0 Å². The van der Waals surface area contributed by atoms with Gasteiger partial charge in [-0.2, -0.15) is 0 Å². The fraction of sp³-hybridized carbons (Fsp3) is 0.200. The van der Waals surface area contributed by atoms with Gasteiger partial charge in [0.2, 0.25) is 0 Å². The van der Waals surface area contributed by atoms with Gasteiger partial charge in [-0.05, 0) is 40.1 Å². The number of hydrogen-bond acceptors (Lipinski definition) is 2. The van der Waals surface area contributed by atoms with Crippen LogP contribution in [0, 0.1) is 3.57 Å². The van der Waals surface area contributed by atoms with Crippen molar-refractivity contribution in [2.45, 2.75) is 11.9 Å². The minimum Gasteiger partial charge on any atom is -0.392 e. The highest BCUT2D eigenvalue weighted by molar-refractivity contribution is 14.1. The monoisotopic (exact) mass is 382 g/mol. The van der Waals surface area contributed by atoms with Crippen molar-refractivity contribution < 1.29 is 5.11 Å². The molecule has 14 heavy (non-hydrogen) atoms. The summed E-state index contributed by atoms with van der Waals surface area (Å²) in [5, 5.41) is 11.3. The van der Waals surface area contributed by atoms with Crippen molar-refractivity contribution in [3.63, 3.8) is 0 Å². The molecule has 1 aromatic carbocycles. The SMILES string of the molecule is OCc1c(CBr)sc2cc(I)ccc12. The van der Waals surface area contributed by atoms with E-state index in [1.807, 2.05) is 0 Å². The molecule has 0 aliphatic carbocycles. The van der Waals surface area contributed by atoms with Gasteiger partial charge in [0.25, 0.3) is 0 Å². The second-order valence-electron chi connectivity index (χ2n) is 2.94. The Morgan fingerprint density at radius 1 is 1.43 bits per heavy atom. The van der Waals surface area contributed by atoms with Crippen molar-refractivity contribution in [3.05, 3.63) is 32.2 Å². The van der Waals surface area contributed by atoms with Gasteiger partial charge in [0.05, 0.1) is 6.61 Å². The van der Waals surface area contributed by atoms with Gasteiger partial charge in [-0.25, -0.2) is 0 Å². The molecule has 1 heterocycles. The van der Waals surface area contributed by atoms with E-state index in [0.29, 0.717) is 0 Å². The Bertz CT molecular complexity index is 466. The molecule has 0 unspecified atom stereocenters. The third-order valence-corrected chi connectivity index (χ3v) is 4.92. The van der Waals surface area contributed by atoms with Gasteiger partial charge in [-0.3, -0.25) is 0 Å². The maximum atomic E-state index is 9.29. The number of aliphatic hydroxyl groups excluding tert-OH is 1. The van der Waals surface area contributed by atoms with Crippen molar-refractivity contribution in [1.29, 1.82) is 0 Å². The number of benzene rings is 1. The minimum absolute atomic E-state index is 0.127. The number of fused-ring (bicyclic) bond motifs is 1. The summed E-state index contributed by atoms with van der Waals surface area (Å²) in [6.45, 7) is 0.127. The predicted octanol–water partition coefficient (Wildman–Crippen LogP) is 3.89. The van der Waals surface area contributed by atoms with Crippen molar-refractivity contribution in [1.82, 2.24) is 0 Å². The molecule has 0 amide bonds. The van der Waals surface area contributed by atoms with Crippen LogP contribution in [-0.2, 0) is 11.9 Å². The van der Waals surface area contributed by atoms with Crippen molar-refractivity contribution in [3.8, 4) is 0 Å². The van der Waals surface area contributed by atoms with Crippen LogP contribution in [0.2, 0.25) is 0 Å². The van der Waals surface area contributed by atoms with E-state index >= 15 is 0 Å². The first-order valence-corrected chi connectivity index (χ1v) is 7.14. The normalized spacial score (nSPS) is 11.1. The van der Waals surface area contributed by atoms with E-state index in [0.717, 1.165) is 10.9 Å². The fourth-order valence-electron chi connectivity index (χ4n) is 1.46. The van der Waals surface area contributed by atoms with Gasteiger partial charge in [0.1, 0.15) is 0 Å². The summed E-state index contributed by atoms with van der Waals surface area (Å²) in [5.74, 6) is 0. The molecular weight excluding hydrogens is 375 g/mol. The molecule has 0 aliphatic rings. The lowest BCUT2D eigenvalue weighted by Gasteiger charge is -1.96. The van der Waals surface area contributed by atoms with Gasteiger partial charge in [0.15, 0.2) is 0 Å². The summed E-state index contributed by atoms with van der Waals surface area (Å²) < 4.78 is 2.50. The average Bonchev–Trinajstić information content (AvgIpc) is 2.54. The van der Waals surface area contributed by atoms with Crippen LogP contribution in [0.1, 0.15) is 10.4 Å². The van der Waals surface area contributed by atoms with Crippen LogP contribution >= 0.6 is 49.9 Å². The molecule has 74 valence electrons. The van der Waals surface area contributed by atoms with Crippen LogP contribution in [0.4, 0.5) is 0 Å². The Morgan fingerprint density at radius 2 is 2.21 bits per heavy atom.